The van der Waals surface area contributed by atoms with Crippen molar-refractivity contribution in [2.24, 2.45) is 5.10 Å². The summed E-state index contributed by atoms with van der Waals surface area (Å²) >= 11 is 12.1. The van der Waals surface area contributed by atoms with Crippen LogP contribution in [0.5, 0.6) is 0 Å². The van der Waals surface area contributed by atoms with E-state index < -0.39 is 22.5 Å². The van der Waals surface area contributed by atoms with Crippen molar-refractivity contribution in [3.63, 3.8) is 0 Å². The maximum Gasteiger partial charge on any atom is 0.264 e. The van der Waals surface area contributed by atoms with Gasteiger partial charge in [-0.05, 0) is 47.4 Å². The van der Waals surface area contributed by atoms with Crippen LogP contribution in [0, 0.1) is 0 Å². The number of carbonyl (C=O) groups is 1. The van der Waals surface area contributed by atoms with Gasteiger partial charge in [-0.2, -0.15) is 5.10 Å². The number of rotatable bonds is 8. The van der Waals surface area contributed by atoms with E-state index in [0.717, 1.165) is 9.87 Å². The van der Waals surface area contributed by atoms with Crippen LogP contribution in [-0.2, 0) is 14.8 Å². The molecule has 1 N–H and O–H groups in total. The summed E-state index contributed by atoms with van der Waals surface area (Å²) in [5.74, 6) is -0.203. The summed E-state index contributed by atoms with van der Waals surface area (Å²) in [5.41, 5.74) is 4.59. The molecule has 1 amide bonds. The largest absolute Gasteiger partial charge is 0.271 e. The SMILES string of the molecule is CC(C)c1ccc(/C=N\NC(=O)CN(c2ccc(Cl)c(Cl)c2)S(=O)(=O)c2ccccc2)cc1. The molecule has 0 aliphatic rings. The lowest BCUT2D eigenvalue weighted by atomic mass is 10.0. The number of carbonyl (C=O) groups excluding carboxylic acids is 1. The van der Waals surface area contributed by atoms with Crippen molar-refractivity contribution in [1.82, 2.24) is 5.43 Å². The molecule has 0 aliphatic heterocycles. The van der Waals surface area contributed by atoms with Crippen molar-refractivity contribution in [2.45, 2.75) is 24.7 Å². The molecule has 3 aromatic rings. The molecule has 0 saturated carbocycles. The molecule has 0 aromatic heterocycles. The fraction of sp³-hybridized carbons (Fsp3) is 0.167. The van der Waals surface area contributed by atoms with E-state index in [1.807, 2.05) is 24.3 Å². The smallest absolute Gasteiger partial charge is 0.264 e. The second kappa shape index (κ2) is 10.8. The molecule has 0 heterocycles. The van der Waals surface area contributed by atoms with Gasteiger partial charge in [0.25, 0.3) is 15.9 Å². The number of anilines is 1. The number of sulfonamides is 1. The van der Waals surface area contributed by atoms with Crippen LogP contribution >= 0.6 is 23.2 Å². The van der Waals surface area contributed by atoms with Gasteiger partial charge in [0.15, 0.2) is 0 Å². The molecule has 0 saturated heterocycles. The minimum Gasteiger partial charge on any atom is -0.271 e. The number of hydrazone groups is 1. The molecule has 0 spiro atoms. The first-order chi connectivity index (χ1) is 15.7. The van der Waals surface area contributed by atoms with Crippen LogP contribution in [0.4, 0.5) is 5.69 Å². The fourth-order valence-corrected chi connectivity index (χ4v) is 4.71. The van der Waals surface area contributed by atoms with Crippen molar-refractivity contribution >= 4 is 51.0 Å². The zero-order valence-electron chi connectivity index (χ0n) is 18.1. The molecule has 0 bridgehead atoms. The van der Waals surface area contributed by atoms with Crippen molar-refractivity contribution in [2.75, 3.05) is 10.8 Å². The Morgan fingerprint density at radius 1 is 1.00 bits per heavy atom. The third-order valence-corrected chi connectivity index (χ3v) is 7.34. The minimum absolute atomic E-state index is 0.0395. The van der Waals surface area contributed by atoms with Crippen molar-refractivity contribution in [3.05, 3.63) is 94.0 Å². The van der Waals surface area contributed by atoms with E-state index in [1.165, 1.54) is 42.1 Å². The van der Waals surface area contributed by atoms with Crippen LogP contribution in [0.15, 0.2) is 82.8 Å². The summed E-state index contributed by atoms with van der Waals surface area (Å²) < 4.78 is 27.5. The van der Waals surface area contributed by atoms with Crippen molar-refractivity contribution < 1.29 is 13.2 Å². The number of halogens is 2. The summed E-state index contributed by atoms with van der Waals surface area (Å²) in [5, 5.41) is 4.40. The molecule has 3 rings (SSSR count). The molecule has 0 unspecified atom stereocenters. The van der Waals surface area contributed by atoms with E-state index in [9.17, 15) is 13.2 Å². The highest BCUT2D eigenvalue weighted by atomic mass is 35.5. The van der Waals surface area contributed by atoms with Crippen LogP contribution < -0.4 is 9.73 Å². The molecule has 9 heteroatoms. The standard InChI is InChI=1S/C24H23Cl2N3O3S/c1-17(2)19-10-8-18(9-11-19)15-27-28-24(30)16-29(20-12-13-22(25)23(26)14-20)33(31,32)21-6-4-3-5-7-21/h3-15,17H,16H2,1-2H3,(H,28,30)/b27-15-. The number of amides is 1. The topological polar surface area (TPSA) is 78.8 Å². The molecule has 33 heavy (non-hydrogen) atoms. The van der Waals surface area contributed by atoms with E-state index in [0.29, 0.717) is 5.92 Å². The maximum atomic E-state index is 13.3. The summed E-state index contributed by atoms with van der Waals surface area (Å²) in [6, 6.07) is 20.0. The lowest BCUT2D eigenvalue weighted by molar-refractivity contribution is -0.119. The second-order valence-electron chi connectivity index (χ2n) is 7.54. The average molecular weight is 504 g/mol. The van der Waals surface area contributed by atoms with Crippen molar-refractivity contribution in [3.8, 4) is 0 Å². The Kier molecular flexibility index (Phi) is 8.13. The zero-order chi connectivity index (χ0) is 24.0. The van der Waals surface area contributed by atoms with Crippen LogP contribution in [0.25, 0.3) is 0 Å². The Labute approximate surface area is 203 Å². The number of nitrogens with zero attached hydrogens (tertiary/aromatic N) is 2. The van der Waals surface area contributed by atoms with Gasteiger partial charge in [0, 0.05) is 0 Å². The first kappa shape index (κ1) is 24.8. The Morgan fingerprint density at radius 3 is 2.27 bits per heavy atom. The summed E-state index contributed by atoms with van der Waals surface area (Å²) in [7, 11) is -4.05. The lowest BCUT2D eigenvalue weighted by Gasteiger charge is -2.24. The first-order valence-electron chi connectivity index (χ1n) is 10.1. The normalized spacial score (nSPS) is 11.7. The molecule has 0 radical (unpaired) electrons. The van der Waals surface area contributed by atoms with Crippen LogP contribution in [0.2, 0.25) is 10.0 Å². The quantitative estimate of drug-likeness (QED) is 0.327. The molecule has 6 nitrogen and oxygen atoms in total. The predicted octanol–water partition coefficient (Wildman–Crippen LogP) is 5.46. The van der Waals surface area contributed by atoms with Crippen LogP contribution in [0.1, 0.15) is 30.9 Å². The van der Waals surface area contributed by atoms with Gasteiger partial charge in [-0.3, -0.25) is 9.10 Å². The molecular weight excluding hydrogens is 481 g/mol. The number of benzene rings is 3. The number of hydrogen-bond acceptors (Lipinski definition) is 4. The molecule has 3 aromatic carbocycles. The summed E-state index contributed by atoms with van der Waals surface area (Å²) in [6.07, 6.45) is 1.50. The van der Waals surface area contributed by atoms with Gasteiger partial charge in [0.1, 0.15) is 6.54 Å². The van der Waals surface area contributed by atoms with Gasteiger partial charge >= 0.3 is 0 Å². The third kappa shape index (κ3) is 6.35. The van der Waals surface area contributed by atoms with Gasteiger partial charge in [0.2, 0.25) is 0 Å². The molecule has 0 atom stereocenters. The Bertz CT molecular complexity index is 1250. The van der Waals surface area contributed by atoms with E-state index in [-0.39, 0.29) is 20.6 Å². The summed E-state index contributed by atoms with van der Waals surface area (Å²) in [6.45, 7) is 3.71. The fourth-order valence-electron chi connectivity index (χ4n) is 2.99. The molecular formula is C24H23Cl2N3O3S. The average Bonchev–Trinajstić information content (AvgIpc) is 2.80. The van der Waals surface area contributed by atoms with Gasteiger partial charge < -0.3 is 0 Å². The third-order valence-electron chi connectivity index (χ3n) is 4.82. The highest BCUT2D eigenvalue weighted by Gasteiger charge is 2.27. The van der Waals surface area contributed by atoms with Gasteiger partial charge in [0.05, 0.1) is 26.8 Å². The summed E-state index contributed by atoms with van der Waals surface area (Å²) in [4.78, 5) is 12.6. The van der Waals surface area contributed by atoms with E-state index in [1.54, 1.807) is 18.2 Å². The highest BCUT2D eigenvalue weighted by Crippen LogP contribution is 2.30. The van der Waals surface area contributed by atoms with E-state index >= 15 is 0 Å². The minimum atomic E-state index is -4.05. The number of nitrogens with one attached hydrogen (secondary N) is 1. The lowest BCUT2D eigenvalue weighted by Crippen LogP contribution is -2.39. The maximum absolute atomic E-state index is 13.3. The van der Waals surface area contributed by atoms with Gasteiger partial charge in [-0.1, -0.05) is 79.5 Å². The van der Waals surface area contributed by atoms with Crippen molar-refractivity contribution in [1.29, 1.82) is 0 Å². The Balaban J connectivity index is 1.81. The molecule has 0 aliphatic carbocycles. The Hall–Kier alpha value is -2.87. The van der Waals surface area contributed by atoms with Crippen LogP contribution in [-0.4, -0.2) is 27.1 Å². The Morgan fingerprint density at radius 2 is 1.67 bits per heavy atom. The number of hydrogen-bond donors (Lipinski definition) is 1. The molecule has 0 fully saturated rings. The van der Waals surface area contributed by atoms with Gasteiger partial charge in [-0.25, -0.2) is 13.8 Å². The van der Waals surface area contributed by atoms with Gasteiger partial charge in [-0.15, -0.1) is 0 Å². The monoisotopic (exact) mass is 503 g/mol. The predicted molar refractivity (Wildman–Crippen MR) is 134 cm³/mol. The van der Waals surface area contributed by atoms with Crippen LogP contribution in [0.3, 0.4) is 0 Å². The highest BCUT2D eigenvalue weighted by molar-refractivity contribution is 7.92. The first-order valence-corrected chi connectivity index (χ1v) is 12.3. The van der Waals surface area contributed by atoms with E-state index in [2.05, 4.69) is 24.4 Å². The molecule has 172 valence electrons. The van der Waals surface area contributed by atoms with E-state index in [4.69, 9.17) is 23.2 Å². The second-order valence-corrected chi connectivity index (χ2v) is 10.2. The zero-order valence-corrected chi connectivity index (χ0v) is 20.4.